The smallest absolute Gasteiger partial charge is 0.251 e. The first-order valence-electron chi connectivity index (χ1n) is 7.78. The molecule has 1 aliphatic rings. The van der Waals surface area contributed by atoms with E-state index in [4.69, 9.17) is 0 Å². The van der Waals surface area contributed by atoms with Crippen molar-refractivity contribution in [3.8, 4) is 0 Å². The lowest BCUT2D eigenvalue weighted by Crippen LogP contribution is -2.36. The number of carbonyl (C=O) groups excluding carboxylic acids is 2. The van der Waals surface area contributed by atoms with Gasteiger partial charge >= 0.3 is 0 Å². The van der Waals surface area contributed by atoms with E-state index in [1.54, 1.807) is 24.3 Å². The number of carbonyl (C=O) groups is 2. The van der Waals surface area contributed by atoms with Crippen LogP contribution in [0.25, 0.3) is 0 Å². The van der Waals surface area contributed by atoms with E-state index in [1.165, 1.54) is 19.3 Å². The highest BCUT2D eigenvalue weighted by molar-refractivity contribution is 5.97. The summed E-state index contributed by atoms with van der Waals surface area (Å²) in [7, 11) is 0. The average molecular weight is 288 g/mol. The minimum atomic E-state index is -0.0790. The van der Waals surface area contributed by atoms with Gasteiger partial charge in [0.2, 0.25) is 5.91 Å². The Morgan fingerprint density at radius 3 is 2.52 bits per heavy atom. The summed E-state index contributed by atoms with van der Waals surface area (Å²) in [5.41, 5.74) is 1.27. The Hall–Kier alpha value is -1.84. The first-order chi connectivity index (χ1) is 10.1. The summed E-state index contributed by atoms with van der Waals surface area (Å²) in [6.07, 6.45) is 5.78. The minimum absolute atomic E-state index is 0.0418. The molecular weight excluding hydrogens is 264 g/mol. The zero-order valence-electron chi connectivity index (χ0n) is 12.8. The summed E-state index contributed by atoms with van der Waals surface area (Å²) in [6, 6.07) is 7.41. The lowest BCUT2D eigenvalue weighted by atomic mass is 9.95. The fourth-order valence-corrected chi connectivity index (χ4v) is 2.54. The fraction of sp³-hybridized carbons (Fsp3) is 0.529. The fourth-order valence-electron chi connectivity index (χ4n) is 2.54. The third-order valence-corrected chi connectivity index (χ3v) is 3.86. The largest absolute Gasteiger partial charge is 0.349 e. The van der Waals surface area contributed by atoms with Crippen molar-refractivity contribution < 1.29 is 9.59 Å². The molecule has 0 atom stereocenters. The van der Waals surface area contributed by atoms with E-state index in [0.29, 0.717) is 17.3 Å². The Morgan fingerprint density at radius 2 is 1.86 bits per heavy atom. The molecule has 1 aliphatic carbocycles. The van der Waals surface area contributed by atoms with Crippen molar-refractivity contribution in [2.75, 3.05) is 5.32 Å². The minimum Gasteiger partial charge on any atom is -0.349 e. The first-order valence-corrected chi connectivity index (χ1v) is 7.78. The molecule has 1 saturated carbocycles. The van der Waals surface area contributed by atoms with Gasteiger partial charge in [-0.25, -0.2) is 0 Å². The molecule has 1 aromatic rings. The zero-order valence-corrected chi connectivity index (χ0v) is 12.8. The van der Waals surface area contributed by atoms with Crippen molar-refractivity contribution in [2.45, 2.75) is 52.0 Å². The van der Waals surface area contributed by atoms with Crippen molar-refractivity contribution in [3.05, 3.63) is 29.8 Å². The van der Waals surface area contributed by atoms with Gasteiger partial charge < -0.3 is 10.6 Å². The Kier molecular flexibility index (Phi) is 5.37. The van der Waals surface area contributed by atoms with E-state index >= 15 is 0 Å². The number of anilines is 1. The molecule has 0 unspecified atom stereocenters. The van der Waals surface area contributed by atoms with E-state index in [-0.39, 0.29) is 17.7 Å². The van der Waals surface area contributed by atoms with Crippen LogP contribution in [0.2, 0.25) is 0 Å². The van der Waals surface area contributed by atoms with Gasteiger partial charge in [-0.1, -0.05) is 39.2 Å². The summed E-state index contributed by atoms with van der Waals surface area (Å²) in [5.74, 6) is -0.174. The Morgan fingerprint density at radius 1 is 1.14 bits per heavy atom. The highest BCUT2D eigenvalue weighted by atomic mass is 16.2. The lowest BCUT2D eigenvalue weighted by molar-refractivity contribution is -0.118. The van der Waals surface area contributed by atoms with E-state index in [9.17, 15) is 9.59 Å². The molecular formula is C17H24N2O2. The van der Waals surface area contributed by atoms with Crippen LogP contribution in [-0.4, -0.2) is 17.9 Å². The quantitative estimate of drug-likeness (QED) is 0.892. The third kappa shape index (κ3) is 4.59. The van der Waals surface area contributed by atoms with Gasteiger partial charge in [0.15, 0.2) is 0 Å². The number of amides is 2. The van der Waals surface area contributed by atoms with Gasteiger partial charge in [0.25, 0.3) is 5.91 Å². The number of nitrogens with one attached hydrogen (secondary N) is 2. The van der Waals surface area contributed by atoms with Gasteiger partial charge in [0.1, 0.15) is 0 Å². The van der Waals surface area contributed by atoms with Crippen LogP contribution in [0, 0.1) is 5.92 Å². The average Bonchev–Trinajstić information content (AvgIpc) is 2.48. The maximum absolute atomic E-state index is 12.3. The van der Waals surface area contributed by atoms with Crippen molar-refractivity contribution in [1.82, 2.24) is 5.32 Å². The summed E-state index contributed by atoms with van der Waals surface area (Å²) in [4.78, 5) is 24.0. The number of benzene rings is 1. The highest BCUT2D eigenvalue weighted by Crippen LogP contribution is 2.18. The van der Waals surface area contributed by atoms with E-state index in [2.05, 4.69) is 10.6 Å². The third-order valence-electron chi connectivity index (χ3n) is 3.86. The monoisotopic (exact) mass is 288 g/mol. The van der Waals surface area contributed by atoms with Crippen molar-refractivity contribution in [1.29, 1.82) is 0 Å². The van der Waals surface area contributed by atoms with Gasteiger partial charge in [-0.3, -0.25) is 9.59 Å². The summed E-state index contributed by atoms with van der Waals surface area (Å²) >= 11 is 0. The maximum atomic E-state index is 12.3. The van der Waals surface area contributed by atoms with Gasteiger partial charge in [0, 0.05) is 23.2 Å². The number of hydrogen-bond donors (Lipinski definition) is 2. The molecule has 0 bridgehead atoms. The number of rotatable bonds is 4. The van der Waals surface area contributed by atoms with Gasteiger partial charge in [0.05, 0.1) is 0 Å². The standard InChI is InChI=1S/C17H24N2O2/c1-12(2)16(20)19-15-10-6-7-13(11-15)17(21)18-14-8-4-3-5-9-14/h6-7,10-12,14H,3-5,8-9H2,1-2H3,(H,18,21)(H,19,20). The van der Waals surface area contributed by atoms with Crippen molar-refractivity contribution in [2.24, 2.45) is 5.92 Å². The molecule has 0 spiro atoms. The molecule has 0 aliphatic heterocycles. The second-order valence-electron chi connectivity index (χ2n) is 6.03. The van der Waals surface area contributed by atoms with Crippen LogP contribution >= 0.6 is 0 Å². The summed E-state index contributed by atoms with van der Waals surface area (Å²) in [5, 5.41) is 5.91. The molecule has 4 nitrogen and oxygen atoms in total. The SMILES string of the molecule is CC(C)C(=O)Nc1cccc(C(=O)NC2CCCCC2)c1. The molecule has 21 heavy (non-hydrogen) atoms. The van der Waals surface area contributed by atoms with Crippen LogP contribution in [0.1, 0.15) is 56.3 Å². The maximum Gasteiger partial charge on any atom is 0.251 e. The first kappa shape index (κ1) is 15.5. The van der Waals surface area contributed by atoms with E-state index < -0.39 is 0 Å². The predicted molar refractivity (Wildman–Crippen MR) is 84.2 cm³/mol. The molecule has 0 aromatic heterocycles. The van der Waals surface area contributed by atoms with Crippen LogP contribution in [-0.2, 0) is 4.79 Å². The van der Waals surface area contributed by atoms with Crippen molar-refractivity contribution in [3.63, 3.8) is 0 Å². The second-order valence-corrected chi connectivity index (χ2v) is 6.03. The summed E-state index contributed by atoms with van der Waals surface area (Å²) in [6.45, 7) is 3.68. The zero-order chi connectivity index (χ0) is 15.2. The number of hydrogen-bond acceptors (Lipinski definition) is 2. The van der Waals surface area contributed by atoms with Gasteiger partial charge in [-0.15, -0.1) is 0 Å². The molecule has 2 N–H and O–H groups in total. The summed E-state index contributed by atoms with van der Waals surface area (Å²) < 4.78 is 0. The predicted octanol–water partition coefficient (Wildman–Crippen LogP) is 3.34. The molecule has 114 valence electrons. The molecule has 1 aromatic carbocycles. The Bertz CT molecular complexity index is 505. The Labute approximate surface area is 126 Å². The Balaban J connectivity index is 1.99. The normalized spacial score (nSPS) is 15.8. The van der Waals surface area contributed by atoms with Crippen molar-refractivity contribution >= 4 is 17.5 Å². The van der Waals surface area contributed by atoms with Crippen LogP contribution in [0.4, 0.5) is 5.69 Å². The van der Waals surface area contributed by atoms with E-state index in [0.717, 1.165) is 12.8 Å². The molecule has 0 saturated heterocycles. The lowest BCUT2D eigenvalue weighted by Gasteiger charge is -2.22. The molecule has 1 fully saturated rings. The molecule has 4 heteroatoms. The van der Waals surface area contributed by atoms with E-state index in [1.807, 2.05) is 13.8 Å². The van der Waals surface area contributed by atoms with Gasteiger partial charge in [-0.05, 0) is 31.0 Å². The highest BCUT2D eigenvalue weighted by Gasteiger charge is 2.17. The molecule has 0 radical (unpaired) electrons. The molecule has 2 rings (SSSR count). The van der Waals surface area contributed by atoms with Crippen LogP contribution < -0.4 is 10.6 Å². The van der Waals surface area contributed by atoms with Crippen LogP contribution in [0.15, 0.2) is 24.3 Å². The van der Waals surface area contributed by atoms with Gasteiger partial charge in [-0.2, -0.15) is 0 Å². The molecule has 2 amide bonds. The molecule has 0 heterocycles. The topological polar surface area (TPSA) is 58.2 Å². The van der Waals surface area contributed by atoms with Crippen LogP contribution in [0.3, 0.4) is 0 Å². The second kappa shape index (κ2) is 7.25. The van der Waals surface area contributed by atoms with Crippen LogP contribution in [0.5, 0.6) is 0 Å².